The van der Waals surface area contributed by atoms with Gasteiger partial charge in [-0.15, -0.1) is 0 Å². The van der Waals surface area contributed by atoms with Crippen molar-refractivity contribution in [1.29, 1.82) is 0 Å². The van der Waals surface area contributed by atoms with Gasteiger partial charge in [0.25, 0.3) is 15.9 Å². The second kappa shape index (κ2) is 11.5. The first kappa shape index (κ1) is 25.7. The van der Waals surface area contributed by atoms with Gasteiger partial charge in [0.2, 0.25) is 0 Å². The topological polar surface area (TPSA) is 114 Å². The van der Waals surface area contributed by atoms with Crippen molar-refractivity contribution >= 4 is 45.4 Å². The van der Waals surface area contributed by atoms with E-state index in [-0.39, 0.29) is 10.6 Å². The number of hydrogen-bond donors (Lipinski definition) is 1. The molecule has 3 rings (SSSR count). The average molecular weight is 516 g/mol. The molecule has 0 aliphatic rings. The molecular formula is C24H22ClN3O6S. The van der Waals surface area contributed by atoms with E-state index < -0.39 is 28.4 Å². The number of hydrogen-bond acceptors (Lipinski definition) is 7. The Morgan fingerprint density at radius 3 is 2.14 bits per heavy atom. The van der Waals surface area contributed by atoms with Crippen LogP contribution in [0.3, 0.4) is 0 Å². The number of nitrogens with zero attached hydrogens (tertiary/aromatic N) is 2. The number of benzene rings is 3. The highest BCUT2D eigenvalue weighted by molar-refractivity contribution is 7.92. The van der Waals surface area contributed by atoms with Gasteiger partial charge in [-0.25, -0.2) is 13.8 Å². The summed E-state index contributed by atoms with van der Waals surface area (Å²) in [5.41, 5.74) is 3.21. The fraction of sp³-hybridized carbons (Fsp3) is 0.125. The highest BCUT2D eigenvalue weighted by Crippen LogP contribution is 2.26. The Labute approximate surface area is 208 Å². The van der Waals surface area contributed by atoms with E-state index in [1.165, 1.54) is 68.8 Å². The molecule has 182 valence electrons. The molecule has 0 aliphatic carbocycles. The number of anilines is 1. The smallest absolute Gasteiger partial charge is 0.308 e. The molecular weight excluding hydrogens is 494 g/mol. The fourth-order valence-electron chi connectivity index (χ4n) is 2.93. The maximum Gasteiger partial charge on any atom is 0.308 e. The summed E-state index contributed by atoms with van der Waals surface area (Å²) >= 11 is 5.94. The molecule has 35 heavy (non-hydrogen) atoms. The number of esters is 1. The van der Waals surface area contributed by atoms with Crippen molar-refractivity contribution in [3.05, 3.63) is 83.4 Å². The van der Waals surface area contributed by atoms with Crippen LogP contribution in [0.1, 0.15) is 12.5 Å². The lowest BCUT2D eigenvalue weighted by atomic mass is 10.2. The number of halogens is 1. The SMILES string of the molecule is COc1ccc(S(=O)(=O)N(CC(=O)N/N=C\c2ccc(OC(C)=O)cc2)c2ccc(Cl)cc2)cc1. The third kappa shape index (κ3) is 7.05. The van der Waals surface area contributed by atoms with Gasteiger partial charge in [-0.05, 0) is 78.4 Å². The zero-order valence-corrected chi connectivity index (χ0v) is 20.4. The largest absolute Gasteiger partial charge is 0.497 e. The van der Waals surface area contributed by atoms with Crippen LogP contribution in [-0.4, -0.2) is 40.2 Å². The lowest BCUT2D eigenvalue weighted by Crippen LogP contribution is -2.39. The quantitative estimate of drug-likeness (QED) is 0.201. The standard InChI is InChI=1S/C24H22ClN3O6S/c1-17(29)34-22-9-3-18(4-10-22)15-26-27-24(30)16-28(20-7-5-19(25)6-8-20)35(31,32)23-13-11-21(33-2)12-14-23/h3-15H,16H2,1-2H3,(H,27,30)/b26-15-. The summed E-state index contributed by atoms with van der Waals surface area (Å²) in [7, 11) is -2.62. The monoisotopic (exact) mass is 515 g/mol. The Morgan fingerprint density at radius 2 is 1.57 bits per heavy atom. The maximum atomic E-state index is 13.4. The van der Waals surface area contributed by atoms with Crippen molar-refractivity contribution in [3.8, 4) is 11.5 Å². The zero-order valence-electron chi connectivity index (χ0n) is 18.8. The van der Waals surface area contributed by atoms with Crippen molar-refractivity contribution in [2.45, 2.75) is 11.8 Å². The number of sulfonamides is 1. The first-order chi connectivity index (χ1) is 16.7. The highest BCUT2D eigenvalue weighted by Gasteiger charge is 2.27. The Morgan fingerprint density at radius 1 is 0.971 bits per heavy atom. The molecule has 0 bridgehead atoms. The van der Waals surface area contributed by atoms with Gasteiger partial charge in [0.05, 0.1) is 23.9 Å². The molecule has 0 saturated carbocycles. The zero-order chi connectivity index (χ0) is 25.4. The molecule has 0 aliphatic heterocycles. The molecule has 0 spiro atoms. The van der Waals surface area contributed by atoms with Gasteiger partial charge < -0.3 is 9.47 Å². The number of carbonyl (C=O) groups is 2. The summed E-state index contributed by atoms with van der Waals surface area (Å²) < 4.78 is 37.7. The number of hydrazone groups is 1. The van der Waals surface area contributed by atoms with Crippen LogP contribution in [-0.2, 0) is 19.6 Å². The molecule has 11 heteroatoms. The molecule has 0 aromatic heterocycles. The second-order valence-electron chi connectivity index (χ2n) is 7.12. The van der Waals surface area contributed by atoms with E-state index in [2.05, 4.69) is 10.5 Å². The van der Waals surface area contributed by atoms with Gasteiger partial charge in [-0.1, -0.05) is 11.6 Å². The van der Waals surface area contributed by atoms with Crippen LogP contribution in [0.25, 0.3) is 0 Å². The van der Waals surface area contributed by atoms with E-state index >= 15 is 0 Å². The van der Waals surface area contributed by atoms with Gasteiger partial charge in [-0.2, -0.15) is 5.10 Å². The molecule has 0 radical (unpaired) electrons. The molecule has 9 nitrogen and oxygen atoms in total. The number of nitrogens with one attached hydrogen (secondary N) is 1. The van der Waals surface area contributed by atoms with Crippen LogP contribution >= 0.6 is 11.6 Å². The van der Waals surface area contributed by atoms with Crippen LogP contribution in [0, 0.1) is 0 Å². The van der Waals surface area contributed by atoms with E-state index in [0.717, 1.165) is 4.31 Å². The van der Waals surface area contributed by atoms with E-state index in [1.807, 2.05) is 0 Å². The van der Waals surface area contributed by atoms with Gasteiger partial charge in [0, 0.05) is 11.9 Å². The second-order valence-corrected chi connectivity index (χ2v) is 9.42. The lowest BCUT2D eigenvalue weighted by Gasteiger charge is -2.23. The average Bonchev–Trinajstić information content (AvgIpc) is 2.84. The van der Waals surface area contributed by atoms with Gasteiger partial charge in [0.1, 0.15) is 18.0 Å². The van der Waals surface area contributed by atoms with Crippen molar-refractivity contribution in [1.82, 2.24) is 5.43 Å². The van der Waals surface area contributed by atoms with Crippen molar-refractivity contribution in [2.75, 3.05) is 18.0 Å². The first-order valence-electron chi connectivity index (χ1n) is 10.2. The number of methoxy groups -OCH3 is 1. The Kier molecular flexibility index (Phi) is 8.45. The Bertz CT molecular complexity index is 1310. The minimum atomic E-state index is -4.10. The predicted molar refractivity (Wildman–Crippen MR) is 132 cm³/mol. The lowest BCUT2D eigenvalue weighted by molar-refractivity contribution is -0.131. The van der Waals surface area contributed by atoms with Crippen LogP contribution in [0.4, 0.5) is 5.69 Å². The fourth-order valence-corrected chi connectivity index (χ4v) is 4.48. The summed E-state index contributed by atoms with van der Waals surface area (Å²) in [6.45, 7) is 0.770. The molecule has 3 aromatic rings. The summed E-state index contributed by atoms with van der Waals surface area (Å²) in [6.07, 6.45) is 1.38. The van der Waals surface area contributed by atoms with Crippen molar-refractivity contribution < 1.29 is 27.5 Å². The number of amides is 1. The van der Waals surface area contributed by atoms with Crippen molar-refractivity contribution in [2.24, 2.45) is 5.10 Å². The molecule has 0 unspecified atom stereocenters. The van der Waals surface area contributed by atoms with E-state index in [0.29, 0.717) is 22.1 Å². The maximum absolute atomic E-state index is 13.4. The van der Waals surface area contributed by atoms with Gasteiger partial charge >= 0.3 is 5.97 Å². The Hall–Kier alpha value is -3.89. The van der Waals surface area contributed by atoms with Gasteiger partial charge in [0.15, 0.2) is 0 Å². The Balaban J connectivity index is 1.77. The molecule has 0 heterocycles. The minimum Gasteiger partial charge on any atom is -0.497 e. The number of ether oxygens (including phenoxy) is 2. The number of rotatable bonds is 9. The first-order valence-corrected chi connectivity index (χ1v) is 12.0. The van der Waals surface area contributed by atoms with Crippen molar-refractivity contribution in [3.63, 3.8) is 0 Å². The van der Waals surface area contributed by atoms with Gasteiger partial charge in [-0.3, -0.25) is 13.9 Å². The van der Waals surface area contributed by atoms with E-state index in [9.17, 15) is 18.0 Å². The normalized spacial score (nSPS) is 11.2. The van der Waals surface area contributed by atoms with Crippen LogP contribution in [0.5, 0.6) is 11.5 Å². The molecule has 1 N–H and O–H groups in total. The van der Waals surface area contributed by atoms with E-state index in [1.54, 1.807) is 24.3 Å². The van der Waals surface area contributed by atoms with E-state index in [4.69, 9.17) is 21.1 Å². The third-order valence-corrected chi connectivity index (χ3v) is 6.63. The van der Waals surface area contributed by atoms with Crippen LogP contribution < -0.4 is 19.2 Å². The molecule has 0 fully saturated rings. The minimum absolute atomic E-state index is 0.0163. The molecule has 1 amide bonds. The highest BCUT2D eigenvalue weighted by atomic mass is 35.5. The summed E-state index contributed by atoms with van der Waals surface area (Å²) in [5, 5.41) is 4.30. The predicted octanol–water partition coefficient (Wildman–Crippen LogP) is 3.62. The summed E-state index contributed by atoms with van der Waals surface area (Å²) in [4.78, 5) is 23.6. The summed E-state index contributed by atoms with van der Waals surface area (Å²) in [5.74, 6) is -0.227. The molecule has 0 saturated heterocycles. The van der Waals surface area contributed by atoms with Crippen LogP contribution in [0.15, 0.2) is 82.8 Å². The third-order valence-electron chi connectivity index (χ3n) is 4.59. The molecule has 3 aromatic carbocycles. The summed E-state index contributed by atoms with van der Waals surface area (Å²) in [6, 6.07) is 18.3. The number of carbonyl (C=O) groups excluding carboxylic acids is 2. The molecule has 0 atom stereocenters. The van der Waals surface area contributed by atoms with Crippen LogP contribution in [0.2, 0.25) is 5.02 Å².